The molecule has 0 saturated carbocycles. The van der Waals surface area contributed by atoms with Gasteiger partial charge in [0.2, 0.25) is 0 Å². The topological polar surface area (TPSA) is 32.7 Å². The molecule has 1 aromatic carbocycles. The number of benzene rings is 1. The lowest BCUT2D eigenvalue weighted by Gasteiger charge is -2.34. The van der Waals surface area contributed by atoms with E-state index < -0.39 is 0 Å². The van der Waals surface area contributed by atoms with Crippen LogP contribution in [0, 0.1) is 0 Å². The fourth-order valence-corrected chi connectivity index (χ4v) is 2.71. The Morgan fingerprint density at radius 3 is 3.11 bits per heavy atom. The van der Waals surface area contributed by atoms with Gasteiger partial charge in [-0.05, 0) is 47.2 Å². The molecule has 19 heavy (non-hydrogen) atoms. The van der Waals surface area contributed by atoms with Crippen LogP contribution in [0.5, 0.6) is 11.5 Å². The van der Waals surface area contributed by atoms with Crippen molar-refractivity contribution in [2.24, 2.45) is 0 Å². The third-order valence-electron chi connectivity index (χ3n) is 3.39. The molecule has 4 heteroatoms. The van der Waals surface area contributed by atoms with E-state index in [0.717, 1.165) is 43.9 Å². The van der Waals surface area contributed by atoms with Gasteiger partial charge in [0.15, 0.2) is 0 Å². The van der Waals surface area contributed by atoms with Gasteiger partial charge < -0.3 is 9.84 Å². The Morgan fingerprint density at radius 1 is 1.53 bits per heavy atom. The number of nitrogens with zero attached hydrogens (tertiary/aromatic N) is 1. The highest BCUT2D eigenvalue weighted by Gasteiger charge is 2.24. The monoisotopic (exact) mass is 373 g/mol. The molecule has 1 aliphatic heterocycles. The minimum atomic E-state index is 0.317. The molecule has 1 atom stereocenters. The fourth-order valence-electron chi connectivity index (χ4n) is 2.48. The summed E-state index contributed by atoms with van der Waals surface area (Å²) in [6, 6.07) is 5.75. The summed E-state index contributed by atoms with van der Waals surface area (Å²) in [6.07, 6.45) is 4.26. The number of aromatic hydroxyl groups is 1. The Morgan fingerprint density at radius 2 is 2.37 bits per heavy atom. The van der Waals surface area contributed by atoms with Gasteiger partial charge in [0.1, 0.15) is 18.1 Å². The van der Waals surface area contributed by atoms with Crippen LogP contribution in [0.3, 0.4) is 0 Å². The number of phenolic OH excluding ortho intramolecular Hbond substituents is 1. The van der Waals surface area contributed by atoms with Gasteiger partial charge >= 0.3 is 0 Å². The van der Waals surface area contributed by atoms with E-state index in [0.29, 0.717) is 11.8 Å². The van der Waals surface area contributed by atoms with Crippen molar-refractivity contribution in [3.05, 3.63) is 33.9 Å². The van der Waals surface area contributed by atoms with Gasteiger partial charge in [0.25, 0.3) is 0 Å². The summed E-state index contributed by atoms with van der Waals surface area (Å²) < 4.78 is 7.88. The zero-order valence-electron chi connectivity index (χ0n) is 11.2. The fraction of sp³-hybridized carbons (Fsp3) is 0.467. The Labute approximate surface area is 128 Å². The maximum absolute atomic E-state index is 9.58. The molecule has 2 rings (SSSR count). The van der Waals surface area contributed by atoms with Crippen molar-refractivity contribution < 1.29 is 9.84 Å². The third-order valence-corrected chi connectivity index (χ3v) is 3.90. The van der Waals surface area contributed by atoms with E-state index in [4.69, 9.17) is 4.74 Å². The molecule has 1 aliphatic rings. The molecule has 104 valence electrons. The van der Waals surface area contributed by atoms with Gasteiger partial charge in [-0.15, -0.1) is 0 Å². The van der Waals surface area contributed by atoms with Crippen LogP contribution in [-0.4, -0.2) is 35.7 Å². The number of fused-ring (bicyclic) bond motifs is 1. The quantitative estimate of drug-likeness (QED) is 0.804. The molecule has 1 heterocycles. The van der Waals surface area contributed by atoms with Gasteiger partial charge in [0, 0.05) is 12.6 Å². The summed E-state index contributed by atoms with van der Waals surface area (Å²) in [5, 5.41) is 9.58. The summed E-state index contributed by atoms with van der Waals surface area (Å²) >= 11 is 2.25. The number of hydrogen-bond acceptors (Lipinski definition) is 3. The van der Waals surface area contributed by atoms with Gasteiger partial charge in [-0.1, -0.05) is 35.6 Å². The highest BCUT2D eigenvalue weighted by Crippen LogP contribution is 2.29. The van der Waals surface area contributed by atoms with Gasteiger partial charge in [0.05, 0.1) is 0 Å². The van der Waals surface area contributed by atoms with Gasteiger partial charge in [-0.3, -0.25) is 4.90 Å². The van der Waals surface area contributed by atoms with Crippen molar-refractivity contribution >= 4 is 22.6 Å². The summed E-state index contributed by atoms with van der Waals surface area (Å²) in [5.74, 6) is 1.23. The van der Waals surface area contributed by atoms with Crippen LogP contribution in [0.25, 0.3) is 0 Å². The zero-order valence-corrected chi connectivity index (χ0v) is 13.3. The molecule has 0 spiro atoms. The maximum atomic E-state index is 9.58. The van der Waals surface area contributed by atoms with Crippen LogP contribution in [0.1, 0.15) is 18.9 Å². The van der Waals surface area contributed by atoms with Gasteiger partial charge in [-0.2, -0.15) is 0 Å². The summed E-state index contributed by atoms with van der Waals surface area (Å²) in [7, 11) is 0. The Kier molecular flexibility index (Phi) is 5.51. The SMILES string of the molecule is CCCN(C/C=C/I)[C@@H]1COc2ccc(O)cc2C1. The number of rotatable bonds is 5. The highest BCUT2D eigenvalue weighted by atomic mass is 127. The second-order valence-corrected chi connectivity index (χ2v) is 5.54. The van der Waals surface area contributed by atoms with Crippen molar-refractivity contribution in [3.8, 4) is 11.5 Å². The summed E-state index contributed by atoms with van der Waals surface area (Å²) in [6.45, 7) is 4.96. The number of halogens is 1. The molecule has 0 aromatic heterocycles. The molecule has 0 saturated heterocycles. The first-order chi connectivity index (χ1) is 9.24. The largest absolute Gasteiger partial charge is 0.508 e. The molecule has 3 nitrogen and oxygen atoms in total. The molecule has 0 radical (unpaired) electrons. The van der Waals surface area contributed by atoms with Crippen LogP contribution in [0.4, 0.5) is 0 Å². The van der Waals surface area contributed by atoms with E-state index in [1.165, 1.54) is 0 Å². The summed E-state index contributed by atoms with van der Waals surface area (Å²) in [5.41, 5.74) is 1.11. The molecule has 0 amide bonds. The van der Waals surface area contributed by atoms with Crippen molar-refractivity contribution in [2.45, 2.75) is 25.8 Å². The lowest BCUT2D eigenvalue weighted by molar-refractivity contribution is 0.130. The van der Waals surface area contributed by atoms with Crippen molar-refractivity contribution in [1.82, 2.24) is 4.90 Å². The Hall–Kier alpha value is -0.750. The molecular formula is C15H20INO2. The van der Waals surface area contributed by atoms with Crippen LogP contribution in [-0.2, 0) is 6.42 Å². The zero-order chi connectivity index (χ0) is 13.7. The van der Waals surface area contributed by atoms with Crippen LogP contribution in [0.2, 0.25) is 0 Å². The van der Waals surface area contributed by atoms with E-state index in [2.05, 4.69) is 44.6 Å². The van der Waals surface area contributed by atoms with E-state index in [-0.39, 0.29) is 0 Å². The summed E-state index contributed by atoms with van der Waals surface area (Å²) in [4.78, 5) is 2.45. The van der Waals surface area contributed by atoms with E-state index in [9.17, 15) is 5.11 Å². The Balaban J connectivity index is 2.09. The first kappa shape index (κ1) is 14.7. The van der Waals surface area contributed by atoms with E-state index in [1.54, 1.807) is 6.07 Å². The molecule has 1 N–H and O–H groups in total. The predicted octanol–water partition coefficient (Wildman–Crippen LogP) is 3.36. The van der Waals surface area contributed by atoms with Crippen LogP contribution in [0.15, 0.2) is 28.4 Å². The molecule has 1 aromatic rings. The normalized spacial score (nSPS) is 18.6. The first-order valence-corrected chi connectivity index (χ1v) is 7.93. The predicted molar refractivity (Wildman–Crippen MR) is 86.1 cm³/mol. The van der Waals surface area contributed by atoms with Crippen LogP contribution >= 0.6 is 22.6 Å². The Bertz CT molecular complexity index is 448. The smallest absolute Gasteiger partial charge is 0.122 e. The molecule has 0 unspecified atom stereocenters. The second-order valence-electron chi connectivity index (χ2n) is 4.82. The maximum Gasteiger partial charge on any atom is 0.122 e. The average Bonchev–Trinajstić information content (AvgIpc) is 2.42. The number of phenols is 1. The van der Waals surface area contributed by atoms with E-state index >= 15 is 0 Å². The minimum absolute atomic E-state index is 0.317. The molecule has 0 bridgehead atoms. The van der Waals surface area contributed by atoms with Crippen molar-refractivity contribution in [1.29, 1.82) is 0 Å². The van der Waals surface area contributed by atoms with Crippen molar-refractivity contribution in [2.75, 3.05) is 19.7 Å². The second kappa shape index (κ2) is 7.14. The first-order valence-electron chi connectivity index (χ1n) is 6.68. The minimum Gasteiger partial charge on any atom is -0.508 e. The molecule has 0 fully saturated rings. The molecule has 0 aliphatic carbocycles. The van der Waals surface area contributed by atoms with E-state index in [1.807, 2.05) is 12.1 Å². The van der Waals surface area contributed by atoms with Crippen LogP contribution < -0.4 is 4.74 Å². The lowest BCUT2D eigenvalue weighted by atomic mass is 10.0. The molecular weight excluding hydrogens is 353 g/mol. The lowest BCUT2D eigenvalue weighted by Crippen LogP contribution is -2.43. The van der Waals surface area contributed by atoms with Crippen molar-refractivity contribution in [3.63, 3.8) is 0 Å². The third kappa shape index (κ3) is 3.86. The average molecular weight is 373 g/mol. The number of hydrogen-bond donors (Lipinski definition) is 1. The standard InChI is InChI=1S/C15H20INO2/c1-2-7-17(8-3-6-16)13-9-12-10-14(18)4-5-15(12)19-11-13/h3-6,10,13,18H,2,7-9,11H2,1H3/b6-3+/t13-/m0/s1. The highest BCUT2D eigenvalue weighted by molar-refractivity contribution is 14.1. The number of ether oxygens (including phenoxy) is 1. The van der Waals surface area contributed by atoms with Gasteiger partial charge in [-0.25, -0.2) is 0 Å².